The highest BCUT2D eigenvalue weighted by Gasteiger charge is 2.53. The molecule has 2 amide bonds. The highest BCUT2D eigenvalue weighted by molar-refractivity contribution is 5.65. The summed E-state index contributed by atoms with van der Waals surface area (Å²) in [7, 11) is 0. The third-order valence-corrected chi connectivity index (χ3v) is 14.7. The van der Waals surface area contributed by atoms with Crippen molar-refractivity contribution >= 4 is 12.2 Å². The SMILES string of the molecule is CCC(C)(C)c1ccc(C(c2ccc(C(C)(C)CC)cc2C(C)(C)CC)(C2CCC(OC(N)=O)CC2)C2CCC(OC(N)=O)CC2)c(C(C)(C)CC)c1. The van der Waals surface area contributed by atoms with E-state index in [0.29, 0.717) is 11.8 Å². The number of primary amides is 2. The number of amides is 2. The molecule has 4 rings (SSSR count). The normalized spacial score (nSPS) is 22.0. The minimum atomic E-state index is -0.685. The predicted molar refractivity (Wildman–Crippen MR) is 220 cm³/mol. The standard InChI is InChI=1S/C47H74N2O4/c1-13-43(5,6)33-21-27-37(39(29-33)45(9,10)15-3)47(31-17-23-35(24-18-31)52-41(48)50,32-19-25-36(26-20-32)53-42(49)51)38-28-22-34(44(7,8)14-2)30-40(38)46(11,12)16-4/h21-22,27-32,35-36H,13-20,23-26H2,1-12H3,(H2,48,50)(H2,49,51). The fourth-order valence-corrected chi connectivity index (χ4v) is 9.52. The van der Waals surface area contributed by atoms with Crippen molar-refractivity contribution in [1.29, 1.82) is 0 Å². The van der Waals surface area contributed by atoms with E-state index in [1.165, 1.54) is 33.4 Å². The minimum Gasteiger partial charge on any atom is -0.446 e. The monoisotopic (exact) mass is 731 g/mol. The van der Waals surface area contributed by atoms with E-state index in [9.17, 15) is 9.59 Å². The Bertz CT molecular complexity index is 1450. The van der Waals surface area contributed by atoms with Crippen LogP contribution in [0.1, 0.15) is 194 Å². The summed E-state index contributed by atoms with van der Waals surface area (Å²) in [5, 5.41) is 0. The molecule has 0 heterocycles. The first-order valence-corrected chi connectivity index (χ1v) is 20.9. The smallest absolute Gasteiger partial charge is 0.404 e. The molecular weight excluding hydrogens is 657 g/mol. The number of nitrogens with two attached hydrogens (primary N) is 2. The van der Waals surface area contributed by atoms with Crippen molar-refractivity contribution in [3.8, 4) is 0 Å². The summed E-state index contributed by atoms with van der Waals surface area (Å²) in [5.41, 5.74) is 19.3. The van der Waals surface area contributed by atoms with E-state index in [4.69, 9.17) is 20.9 Å². The fourth-order valence-electron chi connectivity index (χ4n) is 9.52. The van der Waals surface area contributed by atoms with E-state index in [1.54, 1.807) is 0 Å². The van der Waals surface area contributed by atoms with Gasteiger partial charge >= 0.3 is 12.2 Å². The van der Waals surface area contributed by atoms with E-state index >= 15 is 0 Å². The van der Waals surface area contributed by atoms with Gasteiger partial charge in [-0.05, 0) is 144 Å². The number of benzene rings is 2. The summed E-state index contributed by atoms with van der Waals surface area (Å²) in [4.78, 5) is 23.9. The topological polar surface area (TPSA) is 105 Å². The largest absolute Gasteiger partial charge is 0.446 e. The van der Waals surface area contributed by atoms with E-state index in [2.05, 4.69) is 119 Å². The van der Waals surface area contributed by atoms with Crippen molar-refractivity contribution in [3.63, 3.8) is 0 Å². The van der Waals surface area contributed by atoms with Gasteiger partial charge in [-0.2, -0.15) is 0 Å². The molecule has 2 aliphatic carbocycles. The number of rotatable bonds is 14. The summed E-state index contributed by atoms with van der Waals surface area (Å²) < 4.78 is 11.3. The summed E-state index contributed by atoms with van der Waals surface area (Å²) >= 11 is 0. The van der Waals surface area contributed by atoms with E-state index in [0.717, 1.165) is 77.0 Å². The minimum absolute atomic E-state index is 0.0385. The molecule has 0 spiro atoms. The number of hydrogen-bond donors (Lipinski definition) is 2. The quantitative estimate of drug-likeness (QED) is 0.202. The molecule has 0 unspecified atom stereocenters. The average molecular weight is 731 g/mol. The van der Waals surface area contributed by atoms with Crippen LogP contribution in [0.4, 0.5) is 9.59 Å². The maximum absolute atomic E-state index is 12.0. The third-order valence-electron chi connectivity index (χ3n) is 14.7. The second-order valence-electron chi connectivity index (χ2n) is 19.2. The van der Waals surface area contributed by atoms with Gasteiger partial charge in [0.15, 0.2) is 0 Å². The molecule has 6 nitrogen and oxygen atoms in total. The first-order chi connectivity index (χ1) is 24.7. The van der Waals surface area contributed by atoms with Crippen LogP contribution in [0.2, 0.25) is 0 Å². The van der Waals surface area contributed by atoms with Gasteiger partial charge < -0.3 is 20.9 Å². The predicted octanol–water partition coefficient (Wildman–Crippen LogP) is 12.0. The summed E-state index contributed by atoms with van der Waals surface area (Å²) in [6.07, 6.45) is 9.31. The van der Waals surface area contributed by atoms with Crippen LogP contribution in [0.3, 0.4) is 0 Å². The van der Waals surface area contributed by atoms with Crippen molar-refractivity contribution in [2.75, 3.05) is 0 Å². The Morgan fingerprint density at radius 3 is 1.08 bits per heavy atom. The van der Waals surface area contributed by atoms with Crippen molar-refractivity contribution in [2.45, 2.75) is 199 Å². The summed E-state index contributed by atoms with van der Waals surface area (Å²) in [6.45, 7) is 28.4. The lowest BCUT2D eigenvalue weighted by atomic mass is 9.49. The first kappa shape index (κ1) is 42.7. The molecule has 2 aliphatic rings. The molecule has 0 aliphatic heterocycles. The lowest BCUT2D eigenvalue weighted by molar-refractivity contribution is 0.0269. The van der Waals surface area contributed by atoms with Crippen molar-refractivity contribution < 1.29 is 19.1 Å². The Morgan fingerprint density at radius 1 is 0.509 bits per heavy atom. The van der Waals surface area contributed by atoms with E-state index in [-0.39, 0.29) is 39.3 Å². The van der Waals surface area contributed by atoms with Crippen molar-refractivity contribution in [1.82, 2.24) is 0 Å². The molecule has 2 saturated carbocycles. The Hall–Kier alpha value is -3.02. The van der Waals surface area contributed by atoms with Crippen LogP contribution in [-0.4, -0.2) is 24.4 Å². The maximum Gasteiger partial charge on any atom is 0.404 e. The average Bonchev–Trinajstić information content (AvgIpc) is 3.12. The highest BCUT2D eigenvalue weighted by Crippen LogP contribution is 2.59. The lowest BCUT2D eigenvalue weighted by Crippen LogP contribution is -2.50. The Morgan fingerprint density at radius 2 is 0.811 bits per heavy atom. The van der Waals surface area contributed by atoms with Crippen molar-refractivity contribution in [3.05, 3.63) is 69.8 Å². The zero-order chi connectivity index (χ0) is 39.6. The molecular formula is C47H74N2O4. The Kier molecular flexibility index (Phi) is 13.2. The molecule has 0 bridgehead atoms. The molecule has 2 aromatic carbocycles. The van der Waals surface area contributed by atoms with Crippen LogP contribution in [0.25, 0.3) is 0 Å². The Labute approximate surface area is 322 Å². The van der Waals surface area contributed by atoms with Gasteiger partial charge in [-0.3, -0.25) is 0 Å². The van der Waals surface area contributed by atoms with Gasteiger partial charge in [-0.25, -0.2) is 9.59 Å². The maximum atomic E-state index is 12.0. The molecule has 2 aromatic rings. The Balaban J connectivity index is 2.19. The summed E-state index contributed by atoms with van der Waals surface area (Å²) in [6, 6.07) is 15.1. The van der Waals surface area contributed by atoms with Crippen LogP contribution in [0.5, 0.6) is 0 Å². The van der Waals surface area contributed by atoms with Gasteiger partial charge in [-0.1, -0.05) is 119 Å². The van der Waals surface area contributed by atoms with Crippen LogP contribution in [0, 0.1) is 11.8 Å². The lowest BCUT2D eigenvalue weighted by Gasteiger charge is -2.54. The zero-order valence-corrected chi connectivity index (χ0v) is 35.5. The summed E-state index contributed by atoms with van der Waals surface area (Å²) in [5.74, 6) is 0.587. The number of carbonyl (C=O) groups is 2. The van der Waals surface area contributed by atoms with Gasteiger partial charge in [-0.15, -0.1) is 0 Å². The second-order valence-corrected chi connectivity index (χ2v) is 19.2. The van der Waals surface area contributed by atoms with Gasteiger partial charge in [0.25, 0.3) is 0 Å². The van der Waals surface area contributed by atoms with Gasteiger partial charge in [0.05, 0.1) is 0 Å². The van der Waals surface area contributed by atoms with Crippen LogP contribution in [0.15, 0.2) is 36.4 Å². The molecule has 6 heteroatoms. The zero-order valence-electron chi connectivity index (χ0n) is 35.5. The van der Waals surface area contributed by atoms with Crippen LogP contribution < -0.4 is 11.5 Å². The highest BCUT2D eigenvalue weighted by atomic mass is 16.6. The number of carbonyl (C=O) groups excluding carboxylic acids is 2. The molecule has 0 aromatic heterocycles. The van der Waals surface area contributed by atoms with Crippen LogP contribution in [-0.2, 0) is 36.5 Å². The van der Waals surface area contributed by atoms with Gasteiger partial charge in [0.1, 0.15) is 12.2 Å². The van der Waals surface area contributed by atoms with Gasteiger partial charge in [0, 0.05) is 5.41 Å². The second kappa shape index (κ2) is 16.4. The molecule has 0 radical (unpaired) electrons. The first-order valence-electron chi connectivity index (χ1n) is 20.9. The van der Waals surface area contributed by atoms with E-state index < -0.39 is 12.2 Å². The van der Waals surface area contributed by atoms with Gasteiger partial charge in [0.2, 0.25) is 0 Å². The molecule has 4 N–H and O–H groups in total. The fraction of sp³-hybridized carbons (Fsp3) is 0.702. The molecule has 2 fully saturated rings. The third kappa shape index (κ3) is 8.78. The molecule has 0 saturated heterocycles. The van der Waals surface area contributed by atoms with E-state index in [1.807, 2.05) is 0 Å². The molecule has 0 atom stereocenters. The molecule has 53 heavy (non-hydrogen) atoms. The number of ether oxygens (including phenoxy) is 2. The van der Waals surface area contributed by atoms with Crippen LogP contribution >= 0.6 is 0 Å². The molecule has 296 valence electrons. The number of hydrogen-bond acceptors (Lipinski definition) is 4. The van der Waals surface area contributed by atoms with Crippen molar-refractivity contribution in [2.24, 2.45) is 23.3 Å².